The van der Waals surface area contributed by atoms with Crippen LogP contribution in [0.1, 0.15) is 32.8 Å². The first kappa shape index (κ1) is 24.7. The Kier molecular flexibility index (Phi) is 7.27. The number of carbonyl (C=O) groups is 1. The van der Waals surface area contributed by atoms with Crippen molar-refractivity contribution in [3.8, 4) is 0 Å². The summed E-state index contributed by atoms with van der Waals surface area (Å²) in [5, 5.41) is 7.79. The number of pyridine rings is 1. The summed E-state index contributed by atoms with van der Waals surface area (Å²) in [6.45, 7) is 11.1. The maximum atomic E-state index is 12.5. The molecule has 1 amide bonds. The van der Waals surface area contributed by atoms with E-state index in [1.165, 1.54) is 5.56 Å². The minimum atomic E-state index is -0.501. The van der Waals surface area contributed by atoms with Crippen LogP contribution in [0, 0.1) is 0 Å². The van der Waals surface area contributed by atoms with E-state index in [0.29, 0.717) is 13.1 Å². The second-order valence-electron chi connectivity index (χ2n) is 10.3. The summed E-state index contributed by atoms with van der Waals surface area (Å²) in [7, 11) is 0. The summed E-state index contributed by atoms with van der Waals surface area (Å²) >= 11 is 1.61. The van der Waals surface area contributed by atoms with Crippen LogP contribution in [-0.4, -0.2) is 76.9 Å². The maximum Gasteiger partial charge on any atom is 0.410 e. The van der Waals surface area contributed by atoms with Crippen molar-refractivity contribution in [2.45, 2.75) is 45.4 Å². The van der Waals surface area contributed by atoms with Gasteiger partial charge in [0.05, 0.1) is 23.4 Å². The van der Waals surface area contributed by atoms with E-state index in [4.69, 9.17) is 19.4 Å². The number of para-hydroxylation sites is 1. The topological polar surface area (TPSA) is 91.9 Å². The van der Waals surface area contributed by atoms with Gasteiger partial charge in [0.2, 0.25) is 0 Å². The molecule has 1 atom stereocenters. The van der Waals surface area contributed by atoms with E-state index in [9.17, 15) is 4.79 Å². The first-order chi connectivity index (χ1) is 17.3. The zero-order valence-corrected chi connectivity index (χ0v) is 21.9. The highest BCUT2D eigenvalue weighted by atomic mass is 32.1. The van der Waals surface area contributed by atoms with Gasteiger partial charge >= 0.3 is 6.09 Å². The average molecular weight is 511 g/mol. The van der Waals surface area contributed by atoms with Crippen molar-refractivity contribution in [2.24, 2.45) is 0 Å². The van der Waals surface area contributed by atoms with Gasteiger partial charge in [-0.2, -0.15) is 0 Å². The number of anilines is 3. The molecule has 5 rings (SSSR count). The molecule has 0 bridgehead atoms. The number of hydrogen-bond donors (Lipinski definition) is 2. The Bertz CT molecular complexity index is 1170. The number of hydrogen-bond acceptors (Lipinski definition) is 9. The molecule has 2 N–H and O–H groups in total. The Morgan fingerprint density at radius 2 is 1.92 bits per heavy atom. The number of ether oxygens (including phenoxy) is 2. The highest BCUT2D eigenvalue weighted by molar-refractivity contribution is 7.22. The second kappa shape index (κ2) is 10.6. The van der Waals surface area contributed by atoms with Crippen LogP contribution in [0.25, 0.3) is 10.2 Å². The number of aromatic nitrogens is 2. The number of morpholine rings is 1. The summed E-state index contributed by atoms with van der Waals surface area (Å²) in [5.74, 6) is 1.55. The molecule has 4 heterocycles. The quantitative estimate of drug-likeness (QED) is 0.494. The second-order valence-corrected chi connectivity index (χ2v) is 11.3. The normalized spacial score (nSPS) is 19.0. The minimum Gasteiger partial charge on any atom is -0.444 e. The predicted octanol–water partition coefficient (Wildman–Crippen LogP) is 4.69. The van der Waals surface area contributed by atoms with Gasteiger partial charge in [-0.25, -0.2) is 14.8 Å². The number of benzene rings is 1. The van der Waals surface area contributed by atoms with Crippen LogP contribution in [0.3, 0.4) is 0 Å². The SMILES string of the molecule is CC(C)(C)OC(=O)N1CCC(Nc2cc(CN3CCOCC3)cc(Nc3nc4ccccc4s3)n2)C1. The van der Waals surface area contributed by atoms with Gasteiger partial charge in [-0.15, -0.1) is 0 Å². The third-order valence-corrected chi connectivity index (χ3v) is 7.07. The first-order valence-electron chi connectivity index (χ1n) is 12.5. The van der Waals surface area contributed by atoms with Crippen LogP contribution in [-0.2, 0) is 16.0 Å². The maximum absolute atomic E-state index is 12.5. The van der Waals surface area contributed by atoms with Crippen molar-refractivity contribution >= 4 is 44.4 Å². The number of carbonyl (C=O) groups excluding carboxylic acids is 1. The fourth-order valence-electron chi connectivity index (χ4n) is 4.45. The lowest BCUT2D eigenvalue weighted by molar-refractivity contribution is 0.0293. The van der Waals surface area contributed by atoms with Crippen LogP contribution < -0.4 is 10.6 Å². The fraction of sp³-hybridized carbons (Fsp3) is 0.500. The van der Waals surface area contributed by atoms with Gasteiger partial charge in [-0.05, 0) is 57.0 Å². The largest absolute Gasteiger partial charge is 0.444 e. The molecule has 1 unspecified atom stereocenters. The molecule has 2 fully saturated rings. The number of thiazole rings is 1. The number of rotatable bonds is 6. The number of amides is 1. The van der Waals surface area contributed by atoms with Crippen LogP contribution in [0.4, 0.5) is 21.6 Å². The lowest BCUT2D eigenvalue weighted by Crippen LogP contribution is -2.36. The fourth-order valence-corrected chi connectivity index (χ4v) is 5.32. The Morgan fingerprint density at radius 3 is 2.69 bits per heavy atom. The summed E-state index contributed by atoms with van der Waals surface area (Å²) in [6, 6.07) is 12.4. The molecule has 2 aromatic heterocycles. The molecule has 2 aliphatic rings. The summed E-state index contributed by atoms with van der Waals surface area (Å²) < 4.78 is 12.2. The van der Waals surface area contributed by atoms with Crippen molar-refractivity contribution in [1.29, 1.82) is 0 Å². The van der Waals surface area contributed by atoms with Gasteiger partial charge in [0.25, 0.3) is 0 Å². The van der Waals surface area contributed by atoms with Crippen molar-refractivity contribution in [2.75, 3.05) is 50.0 Å². The van der Waals surface area contributed by atoms with Crippen LogP contribution in [0.15, 0.2) is 36.4 Å². The number of likely N-dealkylation sites (tertiary alicyclic amines) is 1. The summed E-state index contributed by atoms with van der Waals surface area (Å²) in [4.78, 5) is 26.2. The molecule has 0 radical (unpaired) electrons. The monoisotopic (exact) mass is 510 g/mol. The molecular weight excluding hydrogens is 476 g/mol. The standard InChI is InChI=1S/C26H34N6O3S/c1-26(2,3)35-25(33)32-9-8-19(17-32)27-22-14-18(16-31-10-12-34-13-11-31)15-23(29-22)30-24-28-20-6-4-5-7-21(20)36-24/h4-7,14-15,19H,8-13,16-17H2,1-3H3,(H2,27,28,29,30). The minimum absolute atomic E-state index is 0.110. The smallest absolute Gasteiger partial charge is 0.410 e. The van der Waals surface area contributed by atoms with E-state index in [0.717, 1.165) is 66.3 Å². The number of nitrogens with one attached hydrogen (secondary N) is 2. The Balaban J connectivity index is 1.32. The Morgan fingerprint density at radius 1 is 1.14 bits per heavy atom. The third kappa shape index (κ3) is 6.43. The highest BCUT2D eigenvalue weighted by Gasteiger charge is 2.30. The molecule has 0 spiro atoms. The van der Waals surface area contributed by atoms with Crippen LogP contribution in [0.2, 0.25) is 0 Å². The van der Waals surface area contributed by atoms with Gasteiger partial charge < -0.3 is 25.0 Å². The molecule has 192 valence electrons. The predicted molar refractivity (Wildman–Crippen MR) is 143 cm³/mol. The van der Waals surface area contributed by atoms with Gasteiger partial charge in [0.1, 0.15) is 17.2 Å². The van der Waals surface area contributed by atoms with E-state index in [-0.39, 0.29) is 12.1 Å². The van der Waals surface area contributed by atoms with E-state index >= 15 is 0 Å². The van der Waals surface area contributed by atoms with E-state index in [1.807, 2.05) is 39.0 Å². The van der Waals surface area contributed by atoms with Gasteiger partial charge in [-0.1, -0.05) is 23.5 Å². The lowest BCUT2D eigenvalue weighted by Gasteiger charge is -2.27. The van der Waals surface area contributed by atoms with E-state index in [1.54, 1.807) is 16.2 Å². The number of fused-ring (bicyclic) bond motifs is 1. The van der Waals surface area contributed by atoms with Crippen molar-refractivity contribution in [1.82, 2.24) is 19.8 Å². The summed E-state index contributed by atoms with van der Waals surface area (Å²) in [5.41, 5.74) is 1.64. The van der Waals surface area contributed by atoms with Crippen molar-refractivity contribution in [3.63, 3.8) is 0 Å². The Hall–Kier alpha value is -2.95. The molecule has 9 nitrogen and oxygen atoms in total. The Labute approximate surface area is 215 Å². The highest BCUT2D eigenvalue weighted by Crippen LogP contribution is 2.29. The zero-order valence-electron chi connectivity index (χ0n) is 21.1. The first-order valence-corrected chi connectivity index (χ1v) is 13.3. The summed E-state index contributed by atoms with van der Waals surface area (Å²) in [6.07, 6.45) is 0.578. The molecule has 36 heavy (non-hydrogen) atoms. The van der Waals surface area contributed by atoms with E-state index in [2.05, 4.69) is 33.7 Å². The van der Waals surface area contributed by atoms with Crippen LogP contribution in [0.5, 0.6) is 0 Å². The molecular formula is C26H34N6O3S. The molecule has 0 aliphatic carbocycles. The third-order valence-electron chi connectivity index (χ3n) is 6.12. The average Bonchev–Trinajstić information content (AvgIpc) is 3.45. The van der Waals surface area contributed by atoms with Crippen LogP contribution >= 0.6 is 11.3 Å². The molecule has 0 saturated carbocycles. The van der Waals surface area contributed by atoms with Gasteiger partial charge in [-0.3, -0.25) is 4.90 Å². The lowest BCUT2D eigenvalue weighted by atomic mass is 10.2. The number of nitrogens with zero attached hydrogens (tertiary/aromatic N) is 4. The molecule has 10 heteroatoms. The van der Waals surface area contributed by atoms with Gasteiger partial charge in [0.15, 0.2) is 5.13 Å². The molecule has 2 saturated heterocycles. The van der Waals surface area contributed by atoms with Gasteiger partial charge in [0, 0.05) is 38.8 Å². The van der Waals surface area contributed by atoms with Crippen molar-refractivity contribution < 1.29 is 14.3 Å². The molecule has 3 aromatic rings. The van der Waals surface area contributed by atoms with E-state index < -0.39 is 5.60 Å². The molecule has 1 aromatic carbocycles. The zero-order chi connectivity index (χ0) is 25.1. The van der Waals surface area contributed by atoms with Crippen molar-refractivity contribution in [3.05, 3.63) is 42.0 Å². The molecule has 2 aliphatic heterocycles.